The maximum atomic E-state index is 13.6. The number of ether oxygens (including phenoxy) is 1. The molecule has 1 saturated carbocycles. The lowest BCUT2D eigenvalue weighted by atomic mass is 10.0. The van der Waals surface area contributed by atoms with Gasteiger partial charge in [-0.05, 0) is 55.2 Å². The number of fused-ring (bicyclic) bond motifs is 1. The normalized spacial score (nSPS) is 23.5. The highest BCUT2D eigenvalue weighted by Gasteiger charge is 2.39. The van der Waals surface area contributed by atoms with Crippen LogP contribution in [0.15, 0.2) is 47.6 Å². The van der Waals surface area contributed by atoms with E-state index in [1.54, 1.807) is 49.5 Å². The van der Waals surface area contributed by atoms with E-state index in [1.165, 1.54) is 4.31 Å². The monoisotopic (exact) mass is 473 g/mol. The van der Waals surface area contributed by atoms with Crippen LogP contribution >= 0.6 is 0 Å². The summed E-state index contributed by atoms with van der Waals surface area (Å²) in [6.07, 6.45) is 4.79. The zero-order chi connectivity index (χ0) is 23.8. The van der Waals surface area contributed by atoms with Crippen molar-refractivity contribution in [3.63, 3.8) is 0 Å². The predicted octanol–water partition coefficient (Wildman–Crippen LogP) is 2.39. The number of hydrogen-bond donors (Lipinski definition) is 1. The summed E-state index contributed by atoms with van der Waals surface area (Å²) in [6.45, 7) is 3.87. The van der Waals surface area contributed by atoms with Crippen molar-refractivity contribution in [1.29, 1.82) is 0 Å². The third-order valence-electron chi connectivity index (χ3n) is 6.44. The van der Waals surface area contributed by atoms with Gasteiger partial charge in [0, 0.05) is 43.9 Å². The second kappa shape index (κ2) is 9.40. The van der Waals surface area contributed by atoms with Crippen LogP contribution in [0.25, 0.3) is 11.1 Å². The Balaban J connectivity index is 1.76. The van der Waals surface area contributed by atoms with Gasteiger partial charge in [-0.15, -0.1) is 0 Å². The molecule has 1 N–H and O–H groups in total. The molecular formula is C24H31N3O5S. The number of carbonyl (C=O) groups excluding carboxylic acids is 1. The largest absolute Gasteiger partial charge is 0.487 e. The molecule has 1 aromatic heterocycles. The minimum atomic E-state index is -3.90. The number of benzene rings is 1. The number of hydrogen-bond acceptors (Lipinski definition) is 6. The molecule has 1 aliphatic carbocycles. The highest BCUT2D eigenvalue weighted by Crippen LogP contribution is 2.37. The second-order valence-corrected chi connectivity index (χ2v) is 11.0. The standard InChI is InChI=1S/C24H31N3O5S/c1-16-13-27(17(2)15-28)33(30,31)23-7-6-20(18-8-10-25-11-9-18)12-21(23)32-22(16)14-26(3)24(29)19-4-5-19/h6-12,16-17,19,22,28H,4-5,13-15H2,1-3H3/t16-,17-,22-/m1/s1. The molecule has 1 aromatic carbocycles. The molecule has 2 aromatic rings. The molecule has 33 heavy (non-hydrogen) atoms. The average Bonchev–Trinajstić information content (AvgIpc) is 3.66. The Hall–Kier alpha value is -2.49. The first-order chi connectivity index (χ1) is 15.7. The molecule has 2 heterocycles. The van der Waals surface area contributed by atoms with E-state index >= 15 is 0 Å². The number of likely N-dealkylation sites (N-methyl/N-ethyl adjacent to an activating group) is 1. The van der Waals surface area contributed by atoms with E-state index in [-0.39, 0.29) is 41.5 Å². The van der Waals surface area contributed by atoms with Gasteiger partial charge in [0.1, 0.15) is 16.7 Å². The van der Waals surface area contributed by atoms with Crippen molar-refractivity contribution < 1.29 is 23.1 Å². The van der Waals surface area contributed by atoms with Crippen molar-refractivity contribution in [1.82, 2.24) is 14.2 Å². The van der Waals surface area contributed by atoms with Crippen molar-refractivity contribution in [2.45, 2.75) is 43.7 Å². The molecule has 1 fully saturated rings. The van der Waals surface area contributed by atoms with Gasteiger partial charge in [-0.3, -0.25) is 9.78 Å². The fraction of sp³-hybridized carbons (Fsp3) is 0.500. The average molecular weight is 474 g/mol. The number of amides is 1. The molecule has 0 radical (unpaired) electrons. The molecule has 0 bridgehead atoms. The van der Waals surface area contributed by atoms with Gasteiger partial charge in [-0.2, -0.15) is 4.31 Å². The molecule has 2 aliphatic rings. The summed E-state index contributed by atoms with van der Waals surface area (Å²) < 4.78 is 34.8. The van der Waals surface area contributed by atoms with Crippen LogP contribution in [-0.2, 0) is 14.8 Å². The third kappa shape index (κ3) is 4.90. The van der Waals surface area contributed by atoms with Crippen molar-refractivity contribution in [2.75, 3.05) is 26.7 Å². The van der Waals surface area contributed by atoms with Crippen LogP contribution in [0.3, 0.4) is 0 Å². The van der Waals surface area contributed by atoms with E-state index in [1.807, 2.05) is 19.1 Å². The number of aliphatic hydroxyl groups is 1. The lowest BCUT2D eigenvalue weighted by Crippen LogP contribution is -2.50. The fourth-order valence-electron chi connectivity index (χ4n) is 4.17. The molecule has 1 amide bonds. The minimum absolute atomic E-state index is 0.0636. The summed E-state index contributed by atoms with van der Waals surface area (Å²) in [5.74, 6) is 0.242. The number of carbonyl (C=O) groups is 1. The highest BCUT2D eigenvalue weighted by atomic mass is 32.2. The molecule has 0 unspecified atom stereocenters. The molecule has 178 valence electrons. The van der Waals surface area contributed by atoms with E-state index in [9.17, 15) is 18.3 Å². The zero-order valence-corrected chi connectivity index (χ0v) is 20.0. The summed E-state index contributed by atoms with van der Waals surface area (Å²) in [5, 5.41) is 9.76. The van der Waals surface area contributed by atoms with Gasteiger partial charge in [-0.25, -0.2) is 8.42 Å². The van der Waals surface area contributed by atoms with Crippen LogP contribution in [0, 0.1) is 11.8 Å². The van der Waals surface area contributed by atoms with Crippen LogP contribution < -0.4 is 4.74 Å². The molecule has 0 spiro atoms. The Bertz CT molecular complexity index is 1100. The Morgan fingerprint density at radius 3 is 2.58 bits per heavy atom. The summed E-state index contributed by atoms with van der Waals surface area (Å²) in [5.41, 5.74) is 1.70. The van der Waals surface area contributed by atoms with Crippen molar-refractivity contribution in [3.05, 3.63) is 42.7 Å². The van der Waals surface area contributed by atoms with Crippen molar-refractivity contribution >= 4 is 15.9 Å². The number of nitrogens with zero attached hydrogens (tertiary/aromatic N) is 3. The second-order valence-electron chi connectivity index (χ2n) is 9.13. The first-order valence-corrected chi connectivity index (χ1v) is 12.7. The maximum Gasteiger partial charge on any atom is 0.247 e. The Kier molecular flexibility index (Phi) is 6.74. The predicted molar refractivity (Wildman–Crippen MR) is 124 cm³/mol. The number of rotatable bonds is 6. The van der Waals surface area contributed by atoms with Gasteiger partial charge in [0.15, 0.2) is 0 Å². The Labute approximate surface area is 195 Å². The van der Waals surface area contributed by atoms with Crippen molar-refractivity contribution in [2.24, 2.45) is 11.8 Å². The zero-order valence-electron chi connectivity index (χ0n) is 19.2. The number of pyridine rings is 1. The van der Waals surface area contributed by atoms with Crippen LogP contribution in [0.4, 0.5) is 0 Å². The molecule has 9 heteroatoms. The minimum Gasteiger partial charge on any atom is -0.487 e. The van der Waals surface area contributed by atoms with Crippen LogP contribution in [0.1, 0.15) is 26.7 Å². The van der Waals surface area contributed by atoms with Gasteiger partial charge >= 0.3 is 0 Å². The Morgan fingerprint density at radius 2 is 1.94 bits per heavy atom. The van der Waals surface area contributed by atoms with E-state index in [0.717, 1.165) is 24.0 Å². The Morgan fingerprint density at radius 1 is 1.24 bits per heavy atom. The first-order valence-electron chi connectivity index (χ1n) is 11.3. The van der Waals surface area contributed by atoms with Gasteiger partial charge < -0.3 is 14.7 Å². The smallest absolute Gasteiger partial charge is 0.247 e. The van der Waals surface area contributed by atoms with E-state index in [0.29, 0.717) is 6.54 Å². The SMILES string of the molecule is C[C@@H]1CN([C@H](C)CO)S(=O)(=O)c2ccc(-c3ccncc3)cc2O[C@@H]1CN(C)C(=O)C1CC1. The van der Waals surface area contributed by atoms with Crippen LogP contribution in [0.2, 0.25) is 0 Å². The topological polar surface area (TPSA) is 100 Å². The summed E-state index contributed by atoms with van der Waals surface area (Å²) >= 11 is 0. The lowest BCUT2D eigenvalue weighted by molar-refractivity contribution is -0.132. The quantitative estimate of drug-likeness (QED) is 0.692. The fourth-order valence-corrected chi connectivity index (χ4v) is 6.00. The summed E-state index contributed by atoms with van der Waals surface area (Å²) in [6, 6.07) is 8.15. The van der Waals surface area contributed by atoms with E-state index in [2.05, 4.69) is 4.98 Å². The number of aliphatic hydroxyl groups excluding tert-OH is 1. The third-order valence-corrected chi connectivity index (χ3v) is 8.46. The summed E-state index contributed by atoms with van der Waals surface area (Å²) in [4.78, 5) is 18.4. The van der Waals surface area contributed by atoms with Gasteiger partial charge in [-0.1, -0.05) is 13.0 Å². The molecule has 3 atom stereocenters. The number of aromatic nitrogens is 1. The molecule has 8 nitrogen and oxygen atoms in total. The van der Waals surface area contributed by atoms with Gasteiger partial charge in [0.2, 0.25) is 15.9 Å². The molecule has 4 rings (SSSR count). The van der Waals surface area contributed by atoms with E-state index in [4.69, 9.17) is 4.74 Å². The first kappa shape index (κ1) is 23.7. The van der Waals surface area contributed by atoms with Gasteiger partial charge in [0.05, 0.1) is 13.2 Å². The van der Waals surface area contributed by atoms with Crippen LogP contribution in [0.5, 0.6) is 5.75 Å². The van der Waals surface area contributed by atoms with Crippen molar-refractivity contribution in [3.8, 4) is 16.9 Å². The van der Waals surface area contributed by atoms with E-state index < -0.39 is 22.2 Å². The molecule has 0 saturated heterocycles. The molecule has 1 aliphatic heterocycles. The maximum absolute atomic E-state index is 13.6. The van der Waals surface area contributed by atoms with Gasteiger partial charge in [0.25, 0.3) is 0 Å². The summed E-state index contributed by atoms with van der Waals surface area (Å²) in [7, 11) is -2.13. The van der Waals surface area contributed by atoms with Crippen LogP contribution in [-0.4, -0.2) is 72.5 Å². The number of sulfonamides is 1. The lowest BCUT2D eigenvalue weighted by Gasteiger charge is -2.37. The highest BCUT2D eigenvalue weighted by molar-refractivity contribution is 7.89. The molecular weight excluding hydrogens is 442 g/mol.